The van der Waals surface area contributed by atoms with Crippen LogP contribution in [-0.2, 0) is 23.4 Å². The maximum atomic E-state index is 13.3. The van der Waals surface area contributed by atoms with Crippen molar-refractivity contribution in [2.45, 2.75) is 63.4 Å². The van der Waals surface area contributed by atoms with Crippen molar-refractivity contribution >= 4 is 14.1 Å². The first-order valence-electron chi connectivity index (χ1n) is 11.5. The van der Waals surface area contributed by atoms with Crippen LogP contribution >= 0.6 is 8.18 Å². The average molecular weight is 550 g/mol. The molecule has 1 fully saturated rings. The van der Waals surface area contributed by atoms with Crippen molar-refractivity contribution in [3.05, 3.63) is 63.4 Å². The second-order valence-corrected chi connectivity index (χ2v) is 10.6. The van der Waals surface area contributed by atoms with Crippen molar-refractivity contribution in [2.75, 3.05) is 6.61 Å². The molecule has 1 aromatic carbocycles. The zero-order chi connectivity index (χ0) is 28.3. The number of terminal acetylenes is 1. The molecule has 0 saturated carbocycles. The van der Waals surface area contributed by atoms with E-state index in [1.165, 1.54) is 6.92 Å². The number of aliphatic hydroxyl groups excluding tert-OH is 2. The van der Waals surface area contributed by atoms with Gasteiger partial charge < -0.3 is 24.5 Å². The lowest BCUT2D eigenvalue weighted by molar-refractivity contribution is -0.166. The summed E-state index contributed by atoms with van der Waals surface area (Å²) in [6, 6.07) is 7.99. The molecule has 1 saturated heterocycles. The fraction of sp³-hybridized carbons (Fsp3) is 0.458. The van der Waals surface area contributed by atoms with Gasteiger partial charge in [0.2, 0.25) is 0 Å². The summed E-state index contributed by atoms with van der Waals surface area (Å²) < 4.78 is 30.5. The summed E-state index contributed by atoms with van der Waals surface area (Å²) in [6.07, 6.45) is 1.67. The van der Waals surface area contributed by atoms with E-state index >= 15 is 0 Å². The Morgan fingerprint density at radius 3 is 2.53 bits per heavy atom. The number of ether oxygens (including phenoxy) is 2. The number of H-pyrrole nitrogens is 1. The monoisotopic (exact) mass is 550 g/mol. The number of carbonyl (C=O) groups is 1. The standard InChI is InChI=1S/C24H28N3O10P/c1-6-24(19(30)18(29)20(35-24)26-13-12-17(28)25-22(26)32)14-34-38(33)27(37-16-10-8-7-9-11-16)15(2)21(31)36-23(3,4)5/h1,7-13,15,18-20,29-30H,14H2,2-5H3/p+1/t15?,18-,19+,20-,24-/m1/s1. The molecule has 13 nitrogen and oxygen atoms in total. The van der Waals surface area contributed by atoms with E-state index in [4.69, 9.17) is 25.3 Å². The Labute approximate surface area is 218 Å². The average Bonchev–Trinajstić information content (AvgIpc) is 3.10. The maximum Gasteiger partial charge on any atom is 0.653 e. The summed E-state index contributed by atoms with van der Waals surface area (Å²) in [4.78, 5) is 44.7. The van der Waals surface area contributed by atoms with Crippen molar-refractivity contribution in [2.24, 2.45) is 0 Å². The smallest absolute Gasteiger partial charge is 0.459 e. The number of para-hydroxylation sites is 1. The molecule has 2 heterocycles. The van der Waals surface area contributed by atoms with Crippen molar-refractivity contribution in [3.63, 3.8) is 0 Å². The lowest BCUT2D eigenvalue weighted by Gasteiger charge is -2.25. The molecule has 204 valence electrons. The molecular weight excluding hydrogens is 521 g/mol. The van der Waals surface area contributed by atoms with Crippen LogP contribution in [0.4, 0.5) is 0 Å². The SMILES string of the molecule is C#C[C@]1(CO[P+](=O)N(Oc2ccccc2)C(C)C(=O)OC(C)(C)C)O[C@@H](n2ccc(=O)[nH]c2=O)[C@H](O)[C@@H]1O. The minimum Gasteiger partial charge on any atom is -0.459 e. The zero-order valence-corrected chi connectivity index (χ0v) is 22.0. The van der Waals surface area contributed by atoms with Gasteiger partial charge in [-0.25, -0.2) is 4.79 Å². The molecule has 3 N–H and O–H groups in total. The predicted octanol–water partition coefficient (Wildman–Crippen LogP) is 0.859. The van der Waals surface area contributed by atoms with Gasteiger partial charge in [0.15, 0.2) is 23.6 Å². The van der Waals surface area contributed by atoms with Crippen LogP contribution in [0.25, 0.3) is 0 Å². The van der Waals surface area contributed by atoms with E-state index in [2.05, 4.69) is 5.92 Å². The normalized spacial score (nSPS) is 24.5. The van der Waals surface area contributed by atoms with E-state index < -0.39 is 67.7 Å². The van der Waals surface area contributed by atoms with Gasteiger partial charge in [0.1, 0.15) is 29.2 Å². The Morgan fingerprint density at radius 1 is 1.29 bits per heavy atom. The molecule has 2 aromatic rings. The first-order chi connectivity index (χ1) is 17.8. The number of hydroxylamine groups is 1. The third-order valence-electron chi connectivity index (χ3n) is 5.37. The number of hydrogen-bond acceptors (Lipinski definition) is 10. The Bertz CT molecular complexity index is 1320. The third-order valence-corrected chi connectivity index (χ3v) is 6.47. The number of esters is 1. The minimum atomic E-state index is -2.97. The quantitative estimate of drug-likeness (QED) is 0.175. The topological polar surface area (TPSA) is 170 Å². The van der Waals surface area contributed by atoms with Crippen molar-refractivity contribution < 1.29 is 38.4 Å². The number of nitrogens with one attached hydrogen (secondary N) is 1. The highest BCUT2D eigenvalue weighted by Gasteiger charge is 2.57. The van der Waals surface area contributed by atoms with E-state index in [1.807, 2.05) is 4.98 Å². The molecule has 1 aliphatic heterocycles. The summed E-state index contributed by atoms with van der Waals surface area (Å²) >= 11 is 0. The second-order valence-electron chi connectivity index (χ2n) is 9.42. The molecule has 1 aromatic heterocycles. The highest BCUT2D eigenvalue weighted by atomic mass is 31.1. The van der Waals surface area contributed by atoms with Crippen LogP contribution in [0, 0.1) is 12.3 Å². The Morgan fingerprint density at radius 2 is 1.95 bits per heavy atom. The van der Waals surface area contributed by atoms with E-state index in [9.17, 15) is 29.2 Å². The van der Waals surface area contributed by atoms with Crippen LogP contribution in [0.5, 0.6) is 5.75 Å². The number of carbonyl (C=O) groups excluding carboxylic acids is 1. The number of aromatic amines is 1. The Hall–Kier alpha value is -3.37. The number of rotatable bonds is 9. The van der Waals surface area contributed by atoms with E-state index in [1.54, 1.807) is 51.1 Å². The number of aliphatic hydroxyl groups is 2. The molecule has 6 atom stereocenters. The molecule has 0 bridgehead atoms. The van der Waals surface area contributed by atoms with Crippen LogP contribution < -0.4 is 16.1 Å². The van der Waals surface area contributed by atoms with Crippen LogP contribution in [0.2, 0.25) is 0 Å². The van der Waals surface area contributed by atoms with Gasteiger partial charge in [0.05, 0.1) is 0 Å². The van der Waals surface area contributed by atoms with Crippen molar-refractivity contribution in [1.29, 1.82) is 0 Å². The van der Waals surface area contributed by atoms with Crippen molar-refractivity contribution in [1.82, 2.24) is 14.4 Å². The first-order valence-corrected chi connectivity index (χ1v) is 12.6. The van der Waals surface area contributed by atoms with Gasteiger partial charge in [0, 0.05) is 12.3 Å². The molecule has 3 rings (SSSR count). The molecule has 0 spiro atoms. The van der Waals surface area contributed by atoms with Gasteiger partial charge >= 0.3 is 19.8 Å². The molecule has 14 heteroatoms. The van der Waals surface area contributed by atoms with Gasteiger partial charge in [-0.1, -0.05) is 24.1 Å². The Kier molecular flexibility index (Phi) is 8.89. The van der Waals surface area contributed by atoms with Crippen LogP contribution in [0.15, 0.2) is 52.2 Å². The molecular formula is C24H29N3O10P+. The number of aromatic nitrogens is 2. The molecule has 0 amide bonds. The molecule has 2 unspecified atom stereocenters. The fourth-order valence-electron chi connectivity index (χ4n) is 3.44. The van der Waals surface area contributed by atoms with Gasteiger partial charge in [0.25, 0.3) is 5.56 Å². The van der Waals surface area contributed by atoms with Gasteiger partial charge in [-0.15, -0.1) is 10.9 Å². The number of nitrogens with zero attached hydrogens (tertiary/aromatic N) is 2. The van der Waals surface area contributed by atoms with Crippen LogP contribution in [0.1, 0.15) is 33.9 Å². The van der Waals surface area contributed by atoms with Gasteiger partial charge in [-0.3, -0.25) is 19.1 Å². The molecule has 0 radical (unpaired) electrons. The summed E-state index contributed by atoms with van der Waals surface area (Å²) in [5.41, 5.74) is -4.49. The summed E-state index contributed by atoms with van der Waals surface area (Å²) in [6.45, 7) is 5.67. The Balaban J connectivity index is 1.83. The van der Waals surface area contributed by atoms with Gasteiger partial charge in [-0.2, -0.15) is 0 Å². The molecule has 38 heavy (non-hydrogen) atoms. The van der Waals surface area contributed by atoms with Crippen molar-refractivity contribution in [3.8, 4) is 18.1 Å². The minimum absolute atomic E-state index is 0.242. The van der Waals surface area contributed by atoms with E-state index in [0.717, 1.165) is 21.7 Å². The van der Waals surface area contributed by atoms with Crippen LogP contribution in [-0.4, -0.2) is 66.6 Å². The lowest BCUT2D eigenvalue weighted by atomic mass is 9.97. The summed E-state index contributed by atoms with van der Waals surface area (Å²) in [5.74, 6) is 1.68. The second kappa shape index (κ2) is 11.6. The lowest BCUT2D eigenvalue weighted by Crippen LogP contribution is -2.46. The molecule has 0 aliphatic carbocycles. The van der Waals surface area contributed by atoms with Crippen LogP contribution in [0.3, 0.4) is 0 Å². The fourth-order valence-corrected chi connectivity index (χ4v) is 4.40. The first kappa shape index (κ1) is 29.2. The number of hydrogen-bond donors (Lipinski definition) is 3. The van der Waals surface area contributed by atoms with Gasteiger partial charge in [-0.05, 0) is 44.4 Å². The zero-order valence-electron chi connectivity index (χ0n) is 21.1. The highest BCUT2D eigenvalue weighted by Crippen LogP contribution is 2.40. The summed E-state index contributed by atoms with van der Waals surface area (Å²) in [5, 5.41) is 21.3. The third kappa shape index (κ3) is 6.54. The predicted molar refractivity (Wildman–Crippen MR) is 133 cm³/mol. The largest absolute Gasteiger partial charge is 0.653 e. The number of benzene rings is 1. The summed E-state index contributed by atoms with van der Waals surface area (Å²) in [7, 11) is -2.97. The van der Waals surface area contributed by atoms with E-state index in [0.29, 0.717) is 0 Å². The molecule has 1 aliphatic rings. The maximum absolute atomic E-state index is 13.3. The highest BCUT2D eigenvalue weighted by molar-refractivity contribution is 7.36. The van der Waals surface area contributed by atoms with E-state index in [-0.39, 0.29) is 5.75 Å².